The quantitative estimate of drug-likeness (QED) is 0.301. The van der Waals surface area contributed by atoms with E-state index in [0.717, 1.165) is 12.8 Å². The van der Waals surface area contributed by atoms with Gasteiger partial charge in [-0.25, -0.2) is 0 Å². The Kier molecular flexibility index (Phi) is 9.97. The summed E-state index contributed by atoms with van der Waals surface area (Å²) in [6, 6.07) is 18.3. The van der Waals surface area contributed by atoms with Gasteiger partial charge in [-0.3, -0.25) is 9.59 Å². The summed E-state index contributed by atoms with van der Waals surface area (Å²) in [6.45, 7) is 0.932. The smallest absolute Gasteiger partial charge is 0.242 e. The van der Waals surface area contributed by atoms with E-state index in [-0.39, 0.29) is 41.0 Å². The Labute approximate surface area is 244 Å². The van der Waals surface area contributed by atoms with Gasteiger partial charge in [0.2, 0.25) is 11.8 Å². The maximum atomic E-state index is 13.6. The Morgan fingerprint density at radius 3 is 2.21 bits per heavy atom. The van der Waals surface area contributed by atoms with Gasteiger partial charge >= 0.3 is 0 Å². The molecule has 0 heterocycles. The van der Waals surface area contributed by atoms with Crippen molar-refractivity contribution in [2.24, 2.45) is 0 Å². The molecular formula is C29H31Cl3N4O3. The lowest BCUT2D eigenvalue weighted by Gasteiger charge is -2.30. The van der Waals surface area contributed by atoms with Crippen LogP contribution in [0, 0.1) is 0 Å². The van der Waals surface area contributed by atoms with Crippen molar-refractivity contribution in [3.63, 3.8) is 0 Å². The molecule has 7 nitrogen and oxygen atoms in total. The van der Waals surface area contributed by atoms with Gasteiger partial charge in [0.1, 0.15) is 5.75 Å². The number of anilines is 1. The zero-order valence-corrected chi connectivity index (χ0v) is 24.1. The number of hydrogen-bond donors (Lipinski definition) is 2. The van der Waals surface area contributed by atoms with E-state index in [1.165, 1.54) is 11.1 Å². The maximum absolute atomic E-state index is 13.6. The summed E-state index contributed by atoms with van der Waals surface area (Å²) in [5.74, 6) is 0.514. The molecule has 0 unspecified atom stereocenters. The van der Waals surface area contributed by atoms with E-state index in [1.807, 2.05) is 26.2 Å². The highest BCUT2D eigenvalue weighted by Crippen LogP contribution is 2.39. The fourth-order valence-electron chi connectivity index (χ4n) is 4.55. The monoisotopic (exact) mass is 588 g/mol. The minimum atomic E-state index is -0.238. The normalized spacial score (nSPS) is 12.6. The third-order valence-electron chi connectivity index (χ3n) is 6.71. The van der Waals surface area contributed by atoms with Crippen LogP contribution in [0.1, 0.15) is 11.1 Å². The van der Waals surface area contributed by atoms with Crippen LogP contribution in [0.15, 0.2) is 60.7 Å². The van der Waals surface area contributed by atoms with Crippen molar-refractivity contribution < 1.29 is 14.3 Å². The Hall–Kier alpha value is -2.97. The van der Waals surface area contributed by atoms with E-state index in [1.54, 1.807) is 46.2 Å². The number of carbonyl (C=O) groups excluding carboxylic acids is 2. The molecule has 10 heteroatoms. The molecule has 4 rings (SSSR count). The van der Waals surface area contributed by atoms with E-state index < -0.39 is 0 Å². The summed E-state index contributed by atoms with van der Waals surface area (Å²) < 4.78 is 6.14. The fourth-order valence-corrected chi connectivity index (χ4v) is 4.98. The van der Waals surface area contributed by atoms with Crippen molar-refractivity contribution >= 4 is 52.3 Å². The second-order valence-electron chi connectivity index (χ2n) is 9.44. The maximum Gasteiger partial charge on any atom is 0.242 e. The van der Waals surface area contributed by atoms with Gasteiger partial charge in [-0.1, -0.05) is 59.1 Å². The first-order chi connectivity index (χ1) is 18.7. The van der Waals surface area contributed by atoms with Crippen molar-refractivity contribution in [3.8, 4) is 11.5 Å². The second kappa shape index (κ2) is 13.4. The van der Waals surface area contributed by atoms with Crippen LogP contribution in [-0.4, -0.2) is 63.0 Å². The topological polar surface area (TPSA) is 73.9 Å². The standard InChI is InChI=1S/C29H31Cl3N4O3/c1-33-11-12-34-28(37)17-36(18-29(38)35(2)22-13-19-5-3-4-6-20(19)14-22)26-15-24(31)25(32)16-27(26)39-23-9-7-21(30)8-10-23/h3-10,15-16,22,33H,11-14,17-18H2,1-2H3,(H,34,37). The van der Waals surface area contributed by atoms with E-state index in [0.29, 0.717) is 35.3 Å². The molecule has 0 saturated carbocycles. The first kappa shape index (κ1) is 29.0. The van der Waals surface area contributed by atoms with Crippen LogP contribution in [0.25, 0.3) is 0 Å². The van der Waals surface area contributed by atoms with Crippen molar-refractivity contribution in [1.82, 2.24) is 15.5 Å². The number of carbonyl (C=O) groups is 2. The summed E-state index contributed by atoms with van der Waals surface area (Å²) in [6.07, 6.45) is 1.58. The lowest BCUT2D eigenvalue weighted by atomic mass is 10.1. The molecule has 1 aliphatic rings. The third-order valence-corrected chi connectivity index (χ3v) is 7.69. The molecule has 1 aliphatic carbocycles. The van der Waals surface area contributed by atoms with Crippen molar-refractivity contribution in [2.75, 3.05) is 45.2 Å². The second-order valence-corrected chi connectivity index (χ2v) is 10.7. The summed E-state index contributed by atoms with van der Waals surface area (Å²) in [5, 5.41) is 7.01. The van der Waals surface area contributed by atoms with Gasteiger partial charge in [0.25, 0.3) is 0 Å². The van der Waals surface area contributed by atoms with Crippen molar-refractivity contribution in [1.29, 1.82) is 0 Å². The molecule has 0 atom stereocenters. The molecule has 39 heavy (non-hydrogen) atoms. The molecule has 0 aromatic heterocycles. The predicted octanol–water partition coefficient (Wildman–Crippen LogP) is 5.21. The van der Waals surface area contributed by atoms with E-state index in [4.69, 9.17) is 39.5 Å². The number of nitrogens with zero attached hydrogens (tertiary/aromatic N) is 2. The van der Waals surface area contributed by atoms with Crippen LogP contribution >= 0.6 is 34.8 Å². The summed E-state index contributed by atoms with van der Waals surface area (Å²) in [5.41, 5.74) is 2.98. The highest BCUT2D eigenvalue weighted by molar-refractivity contribution is 6.42. The molecule has 3 aromatic rings. The molecule has 0 spiro atoms. The van der Waals surface area contributed by atoms with Gasteiger partial charge in [-0.15, -0.1) is 0 Å². The van der Waals surface area contributed by atoms with Gasteiger partial charge in [-0.05, 0) is 61.3 Å². The van der Waals surface area contributed by atoms with Crippen molar-refractivity contribution in [3.05, 3.63) is 86.9 Å². The SMILES string of the molecule is CNCCNC(=O)CN(CC(=O)N(C)C1Cc2ccccc2C1)c1cc(Cl)c(Cl)cc1Oc1ccc(Cl)cc1. The molecule has 0 saturated heterocycles. The van der Waals surface area contributed by atoms with Crippen molar-refractivity contribution in [2.45, 2.75) is 18.9 Å². The number of halogens is 3. The molecule has 2 amide bonds. The minimum Gasteiger partial charge on any atom is -0.455 e. The third kappa shape index (κ3) is 7.57. The number of likely N-dealkylation sites (N-methyl/N-ethyl adjacent to an activating group) is 2. The molecule has 0 fully saturated rings. The predicted molar refractivity (Wildman–Crippen MR) is 158 cm³/mol. The molecular weight excluding hydrogens is 559 g/mol. The number of benzene rings is 3. The largest absolute Gasteiger partial charge is 0.455 e. The van der Waals surface area contributed by atoms with Crippen LogP contribution in [0.2, 0.25) is 15.1 Å². The fraction of sp³-hybridized carbons (Fsp3) is 0.310. The Morgan fingerprint density at radius 1 is 0.923 bits per heavy atom. The average molecular weight is 590 g/mol. The molecule has 2 N–H and O–H groups in total. The van der Waals surface area contributed by atoms with E-state index in [9.17, 15) is 9.59 Å². The zero-order valence-electron chi connectivity index (χ0n) is 21.8. The van der Waals surface area contributed by atoms with E-state index in [2.05, 4.69) is 22.8 Å². The minimum absolute atomic E-state index is 0.0415. The first-order valence-corrected chi connectivity index (χ1v) is 13.8. The first-order valence-electron chi connectivity index (χ1n) is 12.7. The average Bonchev–Trinajstić information content (AvgIpc) is 3.35. The van der Waals surface area contributed by atoms with Crippen LogP contribution in [0.5, 0.6) is 11.5 Å². The summed E-state index contributed by atoms with van der Waals surface area (Å²) in [7, 11) is 3.62. The number of rotatable bonds is 11. The molecule has 3 aromatic carbocycles. The highest BCUT2D eigenvalue weighted by atomic mass is 35.5. The lowest BCUT2D eigenvalue weighted by molar-refractivity contribution is -0.130. The van der Waals surface area contributed by atoms with Gasteiger partial charge in [0.15, 0.2) is 5.75 Å². The number of amides is 2. The highest BCUT2D eigenvalue weighted by Gasteiger charge is 2.29. The van der Waals surface area contributed by atoms with Crippen LogP contribution < -0.4 is 20.3 Å². The van der Waals surface area contributed by atoms with Gasteiger partial charge < -0.3 is 25.2 Å². The van der Waals surface area contributed by atoms with Gasteiger partial charge in [-0.2, -0.15) is 0 Å². The summed E-state index contributed by atoms with van der Waals surface area (Å²) in [4.78, 5) is 29.9. The Bertz CT molecular complexity index is 1290. The lowest BCUT2D eigenvalue weighted by Crippen LogP contribution is -2.47. The van der Waals surface area contributed by atoms with E-state index >= 15 is 0 Å². The molecule has 0 aliphatic heterocycles. The molecule has 0 bridgehead atoms. The van der Waals surface area contributed by atoms with Gasteiger partial charge in [0, 0.05) is 37.3 Å². The van der Waals surface area contributed by atoms with Crippen LogP contribution in [0.3, 0.4) is 0 Å². The number of nitrogens with one attached hydrogen (secondary N) is 2. The Morgan fingerprint density at radius 2 is 1.56 bits per heavy atom. The Balaban J connectivity index is 1.60. The zero-order chi connectivity index (χ0) is 27.9. The number of ether oxygens (including phenoxy) is 1. The molecule has 0 radical (unpaired) electrons. The van der Waals surface area contributed by atoms with Gasteiger partial charge in [0.05, 0.1) is 28.8 Å². The van der Waals surface area contributed by atoms with Crippen LogP contribution in [-0.2, 0) is 22.4 Å². The van der Waals surface area contributed by atoms with Crippen LogP contribution in [0.4, 0.5) is 5.69 Å². The number of fused-ring (bicyclic) bond motifs is 1. The summed E-state index contributed by atoms with van der Waals surface area (Å²) >= 11 is 18.8. The molecule has 206 valence electrons. The number of hydrogen-bond acceptors (Lipinski definition) is 5.